The van der Waals surface area contributed by atoms with Gasteiger partial charge < -0.3 is 15.4 Å². The summed E-state index contributed by atoms with van der Waals surface area (Å²) >= 11 is 0. The molecule has 1 aliphatic heterocycles. The van der Waals surface area contributed by atoms with Gasteiger partial charge in [0.05, 0.1) is 30.5 Å². The van der Waals surface area contributed by atoms with E-state index in [-0.39, 0.29) is 30.5 Å². The zero-order valence-electron chi connectivity index (χ0n) is 12.9. The number of nitrogens with one attached hydrogen (secondary N) is 2. The molecule has 7 heteroatoms. The number of halogens is 1. The zero-order chi connectivity index (χ0) is 15.4. The van der Waals surface area contributed by atoms with Crippen LogP contribution in [-0.4, -0.2) is 48.0 Å². The number of methoxy groups -OCH3 is 1. The quantitative estimate of drug-likeness (QED) is 0.857. The van der Waals surface area contributed by atoms with Crippen LogP contribution in [0.5, 0.6) is 0 Å². The van der Waals surface area contributed by atoms with Crippen LogP contribution in [-0.2, 0) is 11.3 Å². The van der Waals surface area contributed by atoms with Crippen molar-refractivity contribution < 1.29 is 9.53 Å². The Bertz CT molecular complexity index is 632. The van der Waals surface area contributed by atoms with Crippen molar-refractivity contribution in [1.29, 1.82) is 0 Å². The molecule has 0 aliphatic carbocycles. The van der Waals surface area contributed by atoms with E-state index in [9.17, 15) is 4.79 Å². The lowest BCUT2D eigenvalue weighted by atomic mass is 10.2. The minimum atomic E-state index is -0.116. The van der Waals surface area contributed by atoms with Crippen LogP contribution in [0.3, 0.4) is 0 Å². The number of carbonyl (C=O) groups excluding carboxylic acids is 1. The molecule has 124 valence electrons. The van der Waals surface area contributed by atoms with Crippen molar-refractivity contribution in [2.75, 3.05) is 20.2 Å². The fourth-order valence-corrected chi connectivity index (χ4v) is 2.64. The Hall–Kier alpha value is -1.89. The van der Waals surface area contributed by atoms with Gasteiger partial charge in [-0.2, -0.15) is 5.10 Å². The van der Waals surface area contributed by atoms with Gasteiger partial charge in [-0.3, -0.25) is 9.48 Å². The van der Waals surface area contributed by atoms with Crippen LogP contribution in [0, 0.1) is 0 Å². The molecule has 6 nitrogen and oxygen atoms in total. The van der Waals surface area contributed by atoms with Gasteiger partial charge >= 0.3 is 0 Å². The number of aromatic nitrogens is 2. The summed E-state index contributed by atoms with van der Waals surface area (Å²) in [6.45, 7) is 2.14. The molecule has 1 aromatic heterocycles. The summed E-state index contributed by atoms with van der Waals surface area (Å²) in [4.78, 5) is 12.3. The molecule has 0 saturated carbocycles. The molecule has 0 bridgehead atoms. The van der Waals surface area contributed by atoms with Crippen molar-refractivity contribution in [3.05, 3.63) is 53.9 Å². The van der Waals surface area contributed by atoms with Crippen LogP contribution in [0.25, 0.3) is 0 Å². The molecular formula is C16H21ClN4O2. The molecular weight excluding hydrogens is 316 g/mol. The lowest BCUT2D eigenvalue weighted by Gasteiger charge is -2.17. The molecule has 2 unspecified atom stereocenters. The smallest absolute Gasteiger partial charge is 0.254 e. The van der Waals surface area contributed by atoms with Crippen LogP contribution in [0.4, 0.5) is 0 Å². The second-order valence-electron chi connectivity index (χ2n) is 5.42. The van der Waals surface area contributed by atoms with Crippen molar-refractivity contribution in [2.24, 2.45) is 0 Å². The molecule has 0 radical (unpaired) electrons. The van der Waals surface area contributed by atoms with Gasteiger partial charge in [0.2, 0.25) is 0 Å². The number of amides is 1. The molecule has 0 spiro atoms. The number of rotatable bonds is 5. The third-order valence-corrected chi connectivity index (χ3v) is 3.86. The molecule has 23 heavy (non-hydrogen) atoms. The fourth-order valence-electron chi connectivity index (χ4n) is 2.64. The highest BCUT2D eigenvalue weighted by atomic mass is 35.5. The van der Waals surface area contributed by atoms with Gasteiger partial charge in [0, 0.05) is 26.4 Å². The average molecular weight is 337 g/mol. The lowest BCUT2D eigenvalue weighted by molar-refractivity contribution is 0.0780. The molecule has 2 atom stereocenters. The normalized spacial score (nSPS) is 20.0. The summed E-state index contributed by atoms with van der Waals surface area (Å²) in [5, 5.41) is 10.5. The maximum Gasteiger partial charge on any atom is 0.254 e. The molecule has 2 aromatic rings. The standard InChI is InChI=1S/C16H20N4O2.ClH/c1-22-15-9-17-8-14(15)19-16(21)13-7-18-20(11-13)10-12-5-3-2-4-6-12;/h2-7,11,14-15,17H,8-10H2,1H3,(H,19,21);1H. The van der Waals surface area contributed by atoms with Gasteiger partial charge in [-0.1, -0.05) is 30.3 Å². The van der Waals surface area contributed by atoms with Crippen LogP contribution in [0.2, 0.25) is 0 Å². The summed E-state index contributed by atoms with van der Waals surface area (Å²) in [7, 11) is 1.66. The topological polar surface area (TPSA) is 68.2 Å². The summed E-state index contributed by atoms with van der Waals surface area (Å²) in [5.74, 6) is -0.116. The number of benzene rings is 1. The first-order valence-electron chi connectivity index (χ1n) is 7.37. The fraction of sp³-hybridized carbons (Fsp3) is 0.375. The van der Waals surface area contributed by atoms with Gasteiger partial charge in [0.25, 0.3) is 5.91 Å². The Labute approximate surface area is 141 Å². The van der Waals surface area contributed by atoms with Crippen LogP contribution >= 0.6 is 12.4 Å². The van der Waals surface area contributed by atoms with E-state index in [1.807, 2.05) is 30.3 Å². The van der Waals surface area contributed by atoms with E-state index in [0.717, 1.165) is 18.7 Å². The first-order chi connectivity index (χ1) is 10.8. The van der Waals surface area contributed by atoms with Crippen molar-refractivity contribution in [1.82, 2.24) is 20.4 Å². The predicted molar refractivity (Wildman–Crippen MR) is 89.9 cm³/mol. The molecule has 2 N–H and O–H groups in total. The van der Waals surface area contributed by atoms with Crippen molar-refractivity contribution >= 4 is 18.3 Å². The third kappa shape index (κ3) is 4.31. The number of carbonyl (C=O) groups is 1. The minimum Gasteiger partial charge on any atom is -0.378 e. The average Bonchev–Trinajstić information content (AvgIpc) is 3.17. The van der Waals surface area contributed by atoms with Crippen molar-refractivity contribution in [3.63, 3.8) is 0 Å². The monoisotopic (exact) mass is 336 g/mol. The number of hydrogen-bond donors (Lipinski definition) is 2. The largest absolute Gasteiger partial charge is 0.378 e. The summed E-state index contributed by atoms with van der Waals surface area (Å²) < 4.78 is 7.12. The molecule has 1 amide bonds. The molecule has 1 saturated heterocycles. The van der Waals surface area contributed by atoms with Gasteiger partial charge in [0.1, 0.15) is 0 Å². The molecule has 1 aromatic carbocycles. The Morgan fingerprint density at radius 3 is 2.91 bits per heavy atom. The SMILES string of the molecule is COC1CNCC1NC(=O)c1cnn(Cc2ccccc2)c1.Cl. The number of nitrogens with zero attached hydrogens (tertiary/aromatic N) is 2. The van der Waals surface area contributed by atoms with Gasteiger partial charge in [-0.05, 0) is 5.56 Å². The Morgan fingerprint density at radius 1 is 1.39 bits per heavy atom. The van der Waals surface area contributed by atoms with Crippen LogP contribution in [0.15, 0.2) is 42.7 Å². The highest BCUT2D eigenvalue weighted by molar-refractivity contribution is 5.94. The first-order valence-corrected chi connectivity index (χ1v) is 7.37. The highest BCUT2D eigenvalue weighted by Crippen LogP contribution is 2.07. The van der Waals surface area contributed by atoms with Gasteiger partial charge in [-0.15, -0.1) is 12.4 Å². The van der Waals surface area contributed by atoms with E-state index in [1.165, 1.54) is 0 Å². The Kier molecular flexibility index (Phi) is 6.15. The van der Waals surface area contributed by atoms with Gasteiger partial charge in [0.15, 0.2) is 0 Å². The highest BCUT2D eigenvalue weighted by Gasteiger charge is 2.28. The molecule has 3 rings (SSSR count). The maximum atomic E-state index is 12.3. The van der Waals surface area contributed by atoms with Crippen molar-refractivity contribution in [2.45, 2.75) is 18.7 Å². The van der Waals surface area contributed by atoms with Crippen LogP contribution < -0.4 is 10.6 Å². The second kappa shape index (κ2) is 8.10. The summed E-state index contributed by atoms with van der Waals surface area (Å²) in [6, 6.07) is 10.0. The van der Waals surface area contributed by atoms with Gasteiger partial charge in [-0.25, -0.2) is 0 Å². The Morgan fingerprint density at radius 2 is 2.17 bits per heavy atom. The second-order valence-corrected chi connectivity index (χ2v) is 5.42. The third-order valence-electron chi connectivity index (χ3n) is 3.86. The van der Waals surface area contributed by atoms with E-state index in [1.54, 1.807) is 24.2 Å². The number of hydrogen-bond acceptors (Lipinski definition) is 4. The van der Waals surface area contributed by atoms with Crippen LogP contribution in [0.1, 0.15) is 15.9 Å². The first kappa shape index (κ1) is 17.5. The summed E-state index contributed by atoms with van der Waals surface area (Å²) in [6.07, 6.45) is 3.39. The van der Waals surface area contributed by atoms with E-state index in [2.05, 4.69) is 15.7 Å². The van der Waals surface area contributed by atoms with E-state index in [0.29, 0.717) is 12.1 Å². The Balaban J connectivity index is 0.00000192. The number of ether oxygens (including phenoxy) is 1. The minimum absolute atomic E-state index is 0. The van der Waals surface area contributed by atoms with Crippen molar-refractivity contribution in [3.8, 4) is 0 Å². The van der Waals surface area contributed by atoms with E-state index < -0.39 is 0 Å². The molecule has 2 heterocycles. The summed E-state index contributed by atoms with van der Waals surface area (Å²) in [5.41, 5.74) is 1.72. The van der Waals surface area contributed by atoms with E-state index in [4.69, 9.17) is 4.74 Å². The maximum absolute atomic E-state index is 12.3. The zero-order valence-corrected chi connectivity index (χ0v) is 13.8. The molecule has 1 aliphatic rings. The molecule has 1 fully saturated rings. The predicted octanol–water partition coefficient (Wildman–Crippen LogP) is 1.07. The van der Waals surface area contributed by atoms with E-state index >= 15 is 0 Å². The lowest BCUT2D eigenvalue weighted by Crippen LogP contribution is -2.43.